The molecule has 108 valence electrons. The predicted molar refractivity (Wildman–Crippen MR) is 80.6 cm³/mol. The number of halogens is 2. The van der Waals surface area contributed by atoms with E-state index in [1.165, 1.54) is 12.1 Å². The van der Waals surface area contributed by atoms with Crippen LogP contribution in [0.3, 0.4) is 0 Å². The summed E-state index contributed by atoms with van der Waals surface area (Å²) in [6.45, 7) is 0. The van der Waals surface area contributed by atoms with Gasteiger partial charge < -0.3 is 5.32 Å². The van der Waals surface area contributed by atoms with Gasteiger partial charge in [-0.1, -0.05) is 35.9 Å². The Labute approximate surface area is 127 Å². The van der Waals surface area contributed by atoms with Crippen LogP contribution in [0, 0.1) is 5.82 Å². The summed E-state index contributed by atoms with van der Waals surface area (Å²) in [5.74, 6) is -0.351. The van der Waals surface area contributed by atoms with Gasteiger partial charge in [-0.05, 0) is 48.2 Å². The first-order valence-corrected chi connectivity index (χ1v) is 7.27. The molecule has 1 aliphatic carbocycles. The van der Waals surface area contributed by atoms with E-state index in [-0.39, 0.29) is 23.7 Å². The molecule has 0 aliphatic heterocycles. The van der Waals surface area contributed by atoms with Gasteiger partial charge in [-0.25, -0.2) is 4.39 Å². The summed E-state index contributed by atoms with van der Waals surface area (Å²) in [5, 5.41) is 3.76. The van der Waals surface area contributed by atoms with Gasteiger partial charge in [0.05, 0.1) is 12.0 Å². The number of hydrogen-bond acceptors (Lipinski definition) is 1. The third-order valence-electron chi connectivity index (χ3n) is 3.78. The van der Waals surface area contributed by atoms with Crippen LogP contribution in [0.25, 0.3) is 0 Å². The molecule has 1 fully saturated rings. The van der Waals surface area contributed by atoms with Crippen molar-refractivity contribution in [1.29, 1.82) is 0 Å². The topological polar surface area (TPSA) is 29.1 Å². The van der Waals surface area contributed by atoms with Crippen LogP contribution in [0.15, 0.2) is 48.5 Å². The molecule has 0 heterocycles. The molecule has 0 unspecified atom stereocenters. The molecule has 0 bridgehead atoms. The van der Waals surface area contributed by atoms with Crippen molar-refractivity contribution in [2.24, 2.45) is 0 Å². The van der Waals surface area contributed by atoms with Gasteiger partial charge >= 0.3 is 0 Å². The molecule has 0 saturated heterocycles. The van der Waals surface area contributed by atoms with Gasteiger partial charge in [0.1, 0.15) is 5.82 Å². The lowest BCUT2D eigenvalue weighted by Crippen LogP contribution is -2.35. The minimum atomic E-state index is -0.295. The largest absolute Gasteiger partial charge is 0.346 e. The Morgan fingerprint density at radius 2 is 1.90 bits per heavy atom. The maximum atomic E-state index is 12.9. The fourth-order valence-electron chi connectivity index (χ4n) is 2.50. The van der Waals surface area contributed by atoms with E-state index in [2.05, 4.69) is 5.32 Å². The van der Waals surface area contributed by atoms with Crippen LogP contribution in [0.2, 0.25) is 5.02 Å². The Bertz CT molecular complexity index is 665. The number of carbonyl (C=O) groups excluding carboxylic acids is 1. The standard InChI is InChI=1S/C17H15ClFNO/c18-14-3-1-2-13(11-14)17(8-9-17)20-16(21)10-12-4-6-15(19)7-5-12/h1-7,11H,8-10H2,(H,20,21). The Balaban J connectivity index is 1.68. The minimum absolute atomic E-state index is 0.0564. The highest BCUT2D eigenvalue weighted by molar-refractivity contribution is 6.30. The third kappa shape index (κ3) is 3.24. The highest BCUT2D eigenvalue weighted by atomic mass is 35.5. The molecule has 3 rings (SSSR count). The molecule has 1 N–H and O–H groups in total. The SMILES string of the molecule is O=C(Cc1ccc(F)cc1)NC1(c2cccc(Cl)c2)CC1. The summed E-state index contributed by atoms with van der Waals surface area (Å²) in [6.07, 6.45) is 2.09. The molecule has 2 aromatic rings. The second kappa shape index (κ2) is 5.49. The smallest absolute Gasteiger partial charge is 0.225 e. The molecule has 2 aromatic carbocycles. The summed E-state index contributed by atoms with van der Waals surface area (Å²) in [6, 6.07) is 13.6. The van der Waals surface area contributed by atoms with Crippen LogP contribution in [0.5, 0.6) is 0 Å². The Hall–Kier alpha value is -1.87. The number of hydrogen-bond donors (Lipinski definition) is 1. The van der Waals surface area contributed by atoms with Crippen molar-refractivity contribution in [3.8, 4) is 0 Å². The van der Waals surface area contributed by atoms with E-state index in [0.717, 1.165) is 24.0 Å². The van der Waals surface area contributed by atoms with E-state index >= 15 is 0 Å². The molecule has 0 atom stereocenters. The first-order chi connectivity index (χ1) is 10.1. The van der Waals surface area contributed by atoms with Crippen LogP contribution in [0.1, 0.15) is 24.0 Å². The Morgan fingerprint density at radius 1 is 1.19 bits per heavy atom. The Morgan fingerprint density at radius 3 is 2.52 bits per heavy atom. The molecule has 0 radical (unpaired) electrons. The van der Waals surface area contributed by atoms with Gasteiger partial charge in [0, 0.05) is 5.02 Å². The quantitative estimate of drug-likeness (QED) is 0.914. The molecule has 4 heteroatoms. The second-order valence-corrected chi connectivity index (χ2v) is 5.88. The summed E-state index contributed by atoms with van der Waals surface area (Å²) in [5.41, 5.74) is 1.57. The maximum Gasteiger partial charge on any atom is 0.225 e. The van der Waals surface area contributed by atoms with Gasteiger partial charge in [0.15, 0.2) is 0 Å². The number of carbonyl (C=O) groups is 1. The van der Waals surface area contributed by atoms with E-state index in [0.29, 0.717) is 5.02 Å². The number of amides is 1. The fraction of sp³-hybridized carbons (Fsp3) is 0.235. The van der Waals surface area contributed by atoms with Crippen LogP contribution in [-0.4, -0.2) is 5.91 Å². The summed E-state index contributed by atoms with van der Waals surface area (Å²) in [4.78, 5) is 12.2. The number of rotatable bonds is 4. The average Bonchev–Trinajstić information content (AvgIpc) is 3.22. The molecule has 21 heavy (non-hydrogen) atoms. The van der Waals surface area contributed by atoms with E-state index in [1.807, 2.05) is 24.3 Å². The monoisotopic (exact) mass is 303 g/mol. The highest BCUT2D eigenvalue weighted by Crippen LogP contribution is 2.46. The molecular weight excluding hydrogens is 289 g/mol. The first-order valence-electron chi connectivity index (χ1n) is 6.89. The van der Waals surface area contributed by atoms with E-state index in [1.54, 1.807) is 12.1 Å². The molecule has 0 spiro atoms. The fourth-order valence-corrected chi connectivity index (χ4v) is 2.69. The average molecular weight is 304 g/mol. The lowest BCUT2D eigenvalue weighted by Gasteiger charge is -2.18. The normalized spacial score (nSPS) is 15.5. The molecule has 0 aromatic heterocycles. The molecule has 2 nitrogen and oxygen atoms in total. The minimum Gasteiger partial charge on any atom is -0.346 e. The van der Waals surface area contributed by atoms with Crippen LogP contribution in [0.4, 0.5) is 4.39 Å². The lowest BCUT2D eigenvalue weighted by atomic mass is 10.0. The molecule has 1 saturated carbocycles. The summed E-state index contributed by atoms with van der Waals surface area (Å²) in [7, 11) is 0. The van der Waals surface area contributed by atoms with Gasteiger partial charge in [-0.2, -0.15) is 0 Å². The zero-order valence-corrected chi connectivity index (χ0v) is 12.2. The molecular formula is C17H15ClFNO. The first kappa shape index (κ1) is 14.1. The van der Waals surface area contributed by atoms with Crippen molar-refractivity contribution in [3.63, 3.8) is 0 Å². The number of nitrogens with one attached hydrogen (secondary N) is 1. The van der Waals surface area contributed by atoms with Crippen LogP contribution in [-0.2, 0) is 16.8 Å². The zero-order valence-electron chi connectivity index (χ0n) is 11.4. The van der Waals surface area contributed by atoms with Gasteiger partial charge in [-0.3, -0.25) is 4.79 Å². The Kier molecular flexibility index (Phi) is 3.68. The van der Waals surface area contributed by atoms with Crippen LogP contribution >= 0.6 is 11.6 Å². The van der Waals surface area contributed by atoms with Gasteiger partial charge in [0.2, 0.25) is 5.91 Å². The van der Waals surface area contributed by atoms with Crippen molar-refractivity contribution in [2.75, 3.05) is 0 Å². The van der Waals surface area contributed by atoms with Crippen molar-refractivity contribution in [3.05, 3.63) is 70.5 Å². The van der Waals surface area contributed by atoms with Crippen molar-refractivity contribution in [2.45, 2.75) is 24.8 Å². The van der Waals surface area contributed by atoms with Crippen LogP contribution < -0.4 is 5.32 Å². The van der Waals surface area contributed by atoms with E-state index < -0.39 is 0 Å². The number of benzene rings is 2. The molecule has 1 aliphatic rings. The predicted octanol–water partition coefficient (Wildman–Crippen LogP) is 3.83. The van der Waals surface area contributed by atoms with E-state index in [4.69, 9.17) is 11.6 Å². The maximum absolute atomic E-state index is 12.9. The van der Waals surface area contributed by atoms with Crippen molar-refractivity contribution >= 4 is 17.5 Å². The van der Waals surface area contributed by atoms with Crippen molar-refractivity contribution < 1.29 is 9.18 Å². The third-order valence-corrected chi connectivity index (χ3v) is 4.02. The second-order valence-electron chi connectivity index (χ2n) is 5.44. The summed E-state index contributed by atoms with van der Waals surface area (Å²) >= 11 is 6.01. The zero-order chi connectivity index (χ0) is 14.9. The van der Waals surface area contributed by atoms with Crippen molar-refractivity contribution in [1.82, 2.24) is 5.32 Å². The molecule has 1 amide bonds. The van der Waals surface area contributed by atoms with Gasteiger partial charge in [-0.15, -0.1) is 0 Å². The van der Waals surface area contributed by atoms with E-state index in [9.17, 15) is 9.18 Å². The highest BCUT2D eigenvalue weighted by Gasteiger charge is 2.45. The summed E-state index contributed by atoms with van der Waals surface area (Å²) < 4.78 is 12.9. The lowest BCUT2D eigenvalue weighted by molar-refractivity contribution is -0.121. The van der Waals surface area contributed by atoms with Gasteiger partial charge in [0.25, 0.3) is 0 Å².